The second-order valence-corrected chi connectivity index (χ2v) is 9.01. The Hall–Kier alpha value is -4.18. The average molecular weight is 523 g/mol. The quantitative estimate of drug-likeness (QED) is 0.409. The number of terminal acetylenes is 1. The van der Waals surface area contributed by atoms with Gasteiger partial charge in [-0.2, -0.15) is 5.26 Å². The van der Waals surface area contributed by atoms with E-state index in [2.05, 4.69) is 32.6 Å². The topological polar surface area (TPSA) is 134 Å². The first-order valence-corrected chi connectivity index (χ1v) is 11.3. The minimum atomic E-state index is -0.770. The summed E-state index contributed by atoms with van der Waals surface area (Å²) in [5, 5.41) is 14.2. The van der Waals surface area contributed by atoms with Gasteiger partial charge in [-0.1, -0.05) is 29.1 Å². The molecule has 8 nitrogen and oxygen atoms in total. The van der Waals surface area contributed by atoms with E-state index >= 15 is 4.39 Å². The number of hydrogen-bond donors (Lipinski definition) is 3. The van der Waals surface area contributed by atoms with Crippen LogP contribution in [0.2, 0.25) is 10.0 Å². The second kappa shape index (κ2) is 9.82. The Kier molecular flexibility index (Phi) is 6.80. The van der Waals surface area contributed by atoms with Gasteiger partial charge in [0.1, 0.15) is 11.5 Å². The largest absolute Gasteiger partial charge is 0.397 e. The summed E-state index contributed by atoms with van der Waals surface area (Å²) in [7, 11) is 0. The van der Waals surface area contributed by atoms with Gasteiger partial charge in [0, 0.05) is 23.9 Å². The van der Waals surface area contributed by atoms with Gasteiger partial charge in [-0.15, -0.1) is 6.42 Å². The lowest BCUT2D eigenvalue weighted by atomic mass is 9.98. The van der Waals surface area contributed by atoms with Crippen molar-refractivity contribution in [1.82, 2.24) is 15.3 Å². The van der Waals surface area contributed by atoms with Crippen LogP contribution in [-0.2, 0) is 0 Å². The Labute approximate surface area is 215 Å². The molecule has 4 N–H and O–H groups in total. The molecular weight excluding hydrogens is 506 g/mol. The zero-order chi connectivity index (χ0) is 26.0. The van der Waals surface area contributed by atoms with Gasteiger partial charge in [-0.3, -0.25) is 14.6 Å². The molecule has 1 aliphatic carbocycles. The fourth-order valence-electron chi connectivity index (χ4n) is 3.48. The first-order chi connectivity index (χ1) is 17.2. The smallest absolute Gasteiger partial charge is 0.271 e. The molecule has 1 aliphatic rings. The fraction of sp³-hybridized carbons (Fsp3) is 0.160. The maximum Gasteiger partial charge on any atom is 0.271 e. The molecule has 0 bridgehead atoms. The number of nitriles is 1. The number of rotatable bonds is 6. The highest BCUT2D eigenvalue weighted by Crippen LogP contribution is 2.44. The number of benzene rings is 1. The predicted octanol–water partition coefficient (Wildman–Crippen LogP) is 4.44. The van der Waals surface area contributed by atoms with Gasteiger partial charge in [0.15, 0.2) is 0 Å². The van der Waals surface area contributed by atoms with Crippen molar-refractivity contribution in [3.63, 3.8) is 0 Å². The van der Waals surface area contributed by atoms with E-state index in [1.165, 1.54) is 30.7 Å². The van der Waals surface area contributed by atoms with Crippen molar-refractivity contribution in [2.75, 3.05) is 17.6 Å². The minimum absolute atomic E-state index is 0.0188. The molecule has 0 saturated heterocycles. The predicted molar refractivity (Wildman–Crippen MR) is 134 cm³/mol. The lowest BCUT2D eigenvalue weighted by molar-refractivity contribution is 0.0943. The number of aromatic nitrogens is 2. The lowest BCUT2D eigenvalue weighted by Crippen LogP contribution is -2.30. The molecule has 180 valence electrons. The Balaban J connectivity index is 1.52. The van der Waals surface area contributed by atoms with Gasteiger partial charge in [-0.05, 0) is 31.0 Å². The van der Waals surface area contributed by atoms with Gasteiger partial charge in [-0.25, -0.2) is 9.37 Å². The number of amides is 2. The van der Waals surface area contributed by atoms with Gasteiger partial charge in [0.05, 0.1) is 56.4 Å². The zero-order valence-corrected chi connectivity index (χ0v) is 20.0. The first kappa shape index (κ1) is 24.9. The molecule has 3 aromatic rings. The number of nitrogens with two attached hydrogens (primary N) is 1. The van der Waals surface area contributed by atoms with Crippen molar-refractivity contribution in [1.29, 1.82) is 5.26 Å². The molecule has 11 heteroatoms. The van der Waals surface area contributed by atoms with Crippen molar-refractivity contribution in [2.24, 2.45) is 5.41 Å². The molecule has 4 rings (SSSR count). The van der Waals surface area contributed by atoms with Crippen molar-refractivity contribution in [3.8, 4) is 29.5 Å². The van der Waals surface area contributed by atoms with Crippen LogP contribution in [0.15, 0.2) is 36.8 Å². The number of carbonyl (C=O) groups excluding carboxylic acids is 2. The monoisotopic (exact) mass is 522 g/mol. The molecule has 0 atom stereocenters. The molecule has 0 unspecified atom stereocenters. The molecule has 0 aliphatic heterocycles. The molecule has 0 spiro atoms. The standard InChI is InChI=1S/C25H17Cl2FN6O2/c1-2-13-8-31-10-20(30)21(13)16-6-17(26)15(7-19(16)28)23(35)34-14-5-18(27)22(32-9-14)24(36)33-12-25(11-29)3-4-25/h1,5-10H,3-4,12,30H2,(H,33,36)(H,34,35). The zero-order valence-electron chi connectivity index (χ0n) is 18.5. The van der Waals surface area contributed by atoms with E-state index in [0.717, 1.165) is 18.9 Å². The van der Waals surface area contributed by atoms with E-state index in [1.54, 1.807) is 0 Å². The van der Waals surface area contributed by atoms with E-state index in [9.17, 15) is 9.59 Å². The first-order valence-electron chi connectivity index (χ1n) is 10.5. The number of anilines is 2. The van der Waals surface area contributed by atoms with Crippen LogP contribution in [-0.4, -0.2) is 28.3 Å². The van der Waals surface area contributed by atoms with E-state index in [4.69, 9.17) is 40.6 Å². The molecule has 2 amide bonds. The van der Waals surface area contributed by atoms with Crippen LogP contribution in [0.1, 0.15) is 39.3 Å². The molecule has 2 aromatic heterocycles. The van der Waals surface area contributed by atoms with Gasteiger partial charge < -0.3 is 16.4 Å². The summed E-state index contributed by atoms with van der Waals surface area (Å²) in [6.45, 7) is 0.201. The van der Waals surface area contributed by atoms with Crippen LogP contribution in [0.3, 0.4) is 0 Å². The molecule has 1 fully saturated rings. The van der Waals surface area contributed by atoms with Crippen LogP contribution in [0.25, 0.3) is 11.1 Å². The van der Waals surface area contributed by atoms with E-state index in [1.807, 2.05) is 0 Å². The van der Waals surface area contributed by atoms with Gasteiger partial charge in [0.25, 0.3) is 11.8 Å². The minimum Gasteiger partial charge on any atom is -0.397 e. The van der Waals surface area contributed by atoms with Crippen molar-refractivity contribution in [3.05, 3.63) is 69.5 Å². The molecular formula is C25H17Cl2FN6O2. The molecule has 0 radical (unpaired) electrons. The van der Waals surface area contributed by atoms with Crippen LogP contribution < -0.4 is 16.4 Å². The van der Waals surface area contributed by atoms with Crippen molar-refractivity contribution < 1.29 is 14.0 Å². The highest BCUT2D eigenvalue weighted by atomic mass is 35.5. The number of halogens is 3. The van der Waals surface area contributed by atoms with Gasteiger partial charge in [0.2, 0.25) is 0 Å². The number of pyridine rings is 2. The van der Waals surface area contributed by atoms with Crippen LogP contribution in [0, 0.1) is 34.9 Å². The molecule has 2 heterocycles. The van der Waals surface area contributed by atoms with Crippen LogP contribution in [0.5, 0.6) is 0 Å². The summed E-state index contributed by atoms with van der Waals surface area (Å²) in [6.07, 6.45) is 10.9. The summed E-state index contributed by atoms with van der Waals surface area (Å²) in [5.41, 5.74) is 6.05. The highest BCUT2D eigenvalue weighted by molar-refractivity contribution is 6.35. The van der Waals surface area contributed by atoms with Crippen molar-refractivity contribution in [2.45, 2.75) is 12.8 Å². The summed E-state index contributed by atoms with van der Waals surface area (Å²) >= 11 is 12.5. The third-order valence-electron chi connectivity index (χ3n) is 5.69. The maximum atomic E-state index is 15.0. The normalized spacial score (nSPS) is 13.2. The summed E-state index contributed by atoms with van der Waals surface area (Å²) in [5.74, 6) is 0.355. The molecule has 1 saturated carbocycles. The summed E-state index contributed by atoms with van der Waals surface area (Å²) in [4.78, 5) is 33.1. The van der Waals surface area contributed by atoms with E-state index in [-0.39, 0.29) is 55.9 Å². The molecule has 1 aromatic carbocycles. The number of carbonyl (C=O) groups is 2. The lowest BCUT2D eigenvalue weighted by Gasteiger charge is -2.13. The second-order valence-electron chi connectivity index (χ2n) is 8.19. The van der Waals surface area contributed by atoms with Gasteiger partial charge >= 0.3 is 0 Å². The average Bonchev–Trinajstić information content (AvgIpc) is 3.64. The Morgan fingerprint density at radius 3 is 2.56 bits per heavy atom. The van der Waals surface area contributed by atoms with E-state index < -0.39 is 23.0 Å². The van der Waals surface area contributed by atoms with Crippen molar-refractivity contribution >= 4 is 46.4 Å². The summed E-state index contributed by atoms with van der Waals surface area (Å²) in [6, 6.07) is 5.73. The number of nitrogen functional groups attached to an aromatic ring is 1. The van der Waals surface area contributed by atoms with Crippen LogP contribution in [0.4, 0.5) is 15.8 Å². The van der Waals surface area contributed by atoms with Crippen LogP contribution >= 0.6 is 23.2 Å². The molecule has 36 heavy (non-hydrogen) atoms. The fourth-order valence-corrected chi connectivity index (χ4v) is 3.98. The van der Waals surface area contributed by atoms with E-state index in [0.29, 0.717) is 0 Å². The SMILES string of the molecule is C#Cc1cncc(N)c1-c1cc(Cl)c(C(=O)Nc2cnc(C(=O)NCC3(C#N)CC3)c(Cl)c2)cc1F. The Bertz CT molecular complexity index is 1490. The Morgan fingerprint density at radius 2 is 1.92 bits per heavy atom. The third-order valence-corrected chi connectivity index (χ3v) is 6.29. The highest BCUT2D eigenvalue weighted by Gasteiger charge is 2.43. The number of nitrogens with one attached hydrogen (secondary N) is 2. The third kappa shape index (κ3) is 4.94. The summed E-state index contributed by atoms with van der Waals surface area (Å²) < 4.78 is 15.0. The maximum absolute atomic E-state index is 15.0. The number of hydrogen-bond acceptors (Lipinski definition) is 6. The Morgan fingerprint density at radius 1 is 1.17 bits per heavy atom. The number of nitrogens with zero attached hydrogens (tertiary/aromatic N) is 3.